The summed E-state index contributed by atoms with van der Waals surface area (Å²) in [5.74, 6) is 1.54. The van der Waals surface area contributed by atoms with Crippen LogP contribution in [0, 0.1) is 0 Å². The molecule has 0 spiro atoms. The van der Waals surface area contributed by atoms with Gasteiger partial charge in [0.1, 0.15) is 6.61 Å². The maximum atomic E-state index is 5.84. The van der Waals surface area contributed by atoms with E-state index in [4.69, 9.17) is 15.2 Å². The van der Waals surface area contributed by atoms with Crippen LogP contribution in [0.3, 0.4) is 0 Å². The van der Waals surface area contributed by atoms with Gasteiger partial charge in [0.2, 0.25) is 0 Å². The number of para-hydroxylation sites is 1. The van der Waals surface area contributed by atoms with Crippen LogP contribution in [0.15, 0.2) is 48.5 Å². The minimum atomic E-state index is 0.531. The van der Waals surface area contributed by atoms with Gasteiger partial charge in [0.15, 0.2) is 11.5 Å². The Kier molecular flexibility index (Phi) is 7.99. The lowest BCUT2D eigenvalue weighted by atomic mass is 10.1. The number of hydrogen-bond donors (Lipinski definition) is 1. The van der Waals surface area contributed by atoms with Crippen molar-refractivity contribution >= 4 is 0 Å². The Balaban J connectivity index is 0.00000106. The van der Waals surface area contributed by atoms with Crippen molar-refractivity contribution in [3.8, 4) is 11.5 Å². The first-order valence-corrected chi connectivity index (χ1v) is 7.38. The molecule has 2 aromatic carbocycles. The third-order valence-electron chi connectivity index (χ3n) is 2.92. The Morgan fingerprint density at radius 3 is 2.29 bits per heavy atom. The normalized spacial score (nSPS) is 9.52. The summed E-state index contributed by atoms with van der Waals surface area (Å²) in [7, 11) is 1.66. The Bertz CT molecular complexity index is 512. The molecular weight excluding hydrogens is 262 g/mol. The maximum absolute atomic E-state index is 5.84. The van der Waals surface area contributed by atoms with E-state index >= 15 is 0 Å². The molecule has 0 saturated heterocycles. The Morgan fingerprint density at radius 2 is 1.67 bits per heavy atom. The van der Waals surface area contributed by atoms with Crippen molar-refractivity contribution in [2.75, 3.05) is 13.7 Å². The molecule has 0 aliphatic heterocycles. The highest BCUT2D eigenvalue weighted by Gasteiger charge is 2.09. The molecule has 0 fully saturated rings. The molecule has 0 aliphatic rings. The molecular formula is C18H25NO2. The van der Waals surface area contributed by atoms with Gasteiger partial charge in [-0.25, -0.2) is 0 Å². The van der Waals surface area contributed by atoms with E-state index in [9.17, 15) is 0 Å². The van der Waals surface area contributed by atoms with Gasteiger partial charge in [0.25, 0.3) is 0 Å². The van der Waals surface area contributed by atoms with Crippen molar-refractivity contribution < 1.29 is 9.47 Å². The van der Waals surface area contributed by atoms with Crippen LogP contribution in [0.2, 0.25) is 0 Å². The van der Waals surface area contributed by atoms with Gasteiger partial charge in [-0.3, -0.25) is 0 Å². The first-order valence-electron chi connectivity index (χ1n) is 7.38. The van der Waals surface area contributed by atoms with Crippen molar-refractivity contribution in [2.45, 2.75) is 26.9 Å². The summed E-state index contributed by atoms with van der Waals surface area (Å²) in [6.07, 6.45) is 0.783. The van der Waals surface area contributed by atoms with Crippen molar-refractivity contribution in [3.05, 3.63) is 59.7 Å². The second kappa shape index (κ2) is 9.83. The number of ether oxygens (including phenoxy) is 2. The van der Waals surface area contributed by atoms with Gasteiger partial charge in [-0.1, -0.05) is 56.3 Å². The van der Waals surface area contributed by atoms with Gasteiger partial charge in [-0.2, -0.15) is 0 Å². The fourth-order valence-corrected chi connectivity index (χ4v) is 1.99. The van der Waals surface area contributed by atoms with Gasteiger partial charge < -0.3 is 15.2 Å². The lowest BCUT2D eigenvalue weighted by Crippen LogP contribution is -2.05. The van der Waals surface area contributed by atoms with E-state index in [1.807, 2.05) is 62.4 Å². The van der Waals surface area contributed by atoms with E-state index in [1.165, 1.54) is 0 Å². The summed E-state index contributed by atoms with van der Waals surface area (Å²) in [4.78, 5) is 0. The highest BCUT2D eigenvalue weighted by Crippen LogP contribution is 2.31. The molecule has 3 heteroatoms. The summed E-state index contributed by atoms with van der Waals surface area (Å²) < 4.78 is 11.3. The van der Waals surface area contributed by atoms with Crippen molar-refractivity contribution in [2.24, 2.45) is 5.73 Å². The van der Waals surface area contributed by atoms with E-state index in [0.29, 0.717) is 13.2 Å². The topological polar surface area (TPSA) is 44.5 Å². The van der Waals surface area contributed by atoms with Gasteiger partial charge in [-0.15, -0.1) is 0 Å². The van der Waals surface area contributed by atoms with Crippen LogP contribution in [-0.2, 0) is 13.0 Å². The van der Waals surface area contributed by atoms with Crippen LogP contribution in [0.5, 0.6) is 11.5 Å². The fraction of sp³-hybridized carbons (Fsp3) is 0.333. The van der Waals surface area contributed by atoms with Gasteiger partial charge >= 0.3 is 0 Å². The Hall–Kier alpha value is -2.00. The standard InChI is InChI=1S/C16H19NO2.C2H6/c1-18-16-14(10-11-17)8-5-9-15(16)19-12-13-6-3-2-4-7-13;1-2/h2-9H,10-12,17H2,1H3;1-2H3. The molecule has 0 unspecified atom stereocenters. The van der Waals surface area contributed by atoms with Crippen LogP contribution in [-0.4, -0.2) is 13.7 Å². The summed E-state index contributed by atoms with van der Waals surface area (Å²) in [6, 6.07) is 16.0. The molecule has 21 heavy (non-hydrogen) atoms. The summed E-state index contributed by atoms with van der Waals surface area (Å²) >= 11 is 0. The highest BCUT2D eigenvalue weighted by molar-refractivity contribution is 5.46. The molecule has 2 aromatic rings. The van der Waals surface area contributed by atoms with Gasteiger partial charge in [-0.05, 0) is 30.2 Å². The monoisotopic (exact) mass is 287 g/mol. The SMILES string of the molecule is CC.COc1c(CCN)cccc1OCc1ccccc1. The average Bonchev–Trinajstić information content (AvgIpc) is 2.56. The van der Waals surface area contributed by atoms with E-state index in [1.54, 1.807) is 7.11 Å². The quantitative estimate of drug-likeness (QED) is 0.879. The zero-order chi connectivity index (χ0) is 15.5. The number of rotatable bonds is 6. The predicted molar refractivity (Wildman–Crippen MR) is 87.9 cm³/mol. The number of methoxy groups -OCH3 is 1. The lowest BCUT2D eigenvalue weighted by molar-refractivity contribution is 0.283. The van der Waals surface area contributed by atoms with E-state index in [-0.39, 0.29) is 0 Å². The first kappa shape index (κ1) is 17.1. The zero-order valence-corrected chi connectivity index (χ0v) is 13.1. The van der Waals surface area contributed by atoms with E-state index in [0.717, 1.165) is 29.0 Å². The van der Waals surface area contributed by atoms with Crippen LogP contribution >= 0.6 is 0 Å². The molecule has 0 radical (unpaired) electrons. The molecule has 0 aromatic heterocycles. The smallest absolute Gasteiger partial charge is 0.163 e. The van der Waals surface area contributed by atoms with Crippen LogP contribution in [0.1, 0.15) is 25.0 Å². The number of hydrogen-bond acceptors (Lipinski definition) is 3. The predicted octanol–water partition coefficient (Wildman–Crippen LogP) is 3.80. The van der Waals surface area contributed by atoms with Crippen LogP contribution < -0.4 is 15.2 Å². The van der Waals surface area contributed by atoms with E-state index in [2.05, 4.69) is 0 Å². The van der Waals surface area contributed by atoms with E-state index < -0.39 is 0 Å². The van der Waals surface area contributed by atoms with Crippen molar-refractivity contribution in [1.82, 2.24) is 0 Å². The van der Waals surface area contributed by atoms with Crippen molar-refractivity contribution in [3.63, 3.8) is 0 Å². The fourth-order valence-electron chi connectivity index (χ4n) is 1.99. The maximum Gasteiger partial charge on any atom is 0.163 e. The van der Waals surface area contributed by atoms with Crippen molar-refractivity contribution in [1.29, 1.82) is 0 Å². The molecule has 2 rings (SSSR count). The third kappa shape index (κ3) is 5.12. The Morgan fingerprint density at radius 1 is 0.952 bits per heavy atom. The van der Waals surface area contributed by atoms with Gasteiger partial charge in [0.05, 0.1) is 7.11 Å². The number of nitrogens with two attached hydrogens (primary N) is 1. The average molecular weight is 287 g/mol. The minimum Gasteiger partial charge on any atom is -0.493 e. The second-order valence-corrected chi connectivity index (χ2v) is 4.26. The molecule has 0 saturated carbocycles. The third-order valence-corrected chi connectivity index (χ3v) is 2.92. The van der Waals surface area contributed by atoms with Crippen LogP contribution in [0.4, 0.5) is 0 Å². The summed E-state index contributed by atoms with van der Waals surface area (Å²) in [5.41, 5.74) is 7.82. The van der Waals surface area contributed by atoms with Crippen LogP contribution in [0.25, 0.3) is 0 Å². The highest BCUT2D eigenvalue weighted by atomic mass is 16.5. The summed E-state index contributed by atoms with van der Waals surface area (Å²) in [5, 5.41) is 0. The lowest BCUT2D eigenvalue weighted by Gasteiger charge is -2.14. The molecule has 3 nitrogen and oxygen atoms in total. The summed E-state index contributed by atoms with van der Waals surface area (Å²) in [6.45, 7) is 5.13. The minimum absolute atomic E-state index is 0.531. The molecule has 0 atom stereocenters. The zero-order valence-electron chi connectivity index (χ0n) is 13.1. The Labute approximate surface area is 127 Å². The molecule has 0 heterocycles. The van der Waals surface area contributed by atoms with Gasteiger partial charge in [0, 0.05) is 0 Å². The first-order chi connectivity index (χ1) is 10.3. The molecule has 2 N–H and O–H groups in total. The largest absolute Gasteiger partial charge is 0.493 e. The number of benzene rings is 2. The molecule has 0 amide bonds. The second-order valence-electron chi connectivity index (χ2n) is 4.26. The molecule has 0 aliphatic carbocycles. The molecule has 114 valence electrons. The molecule has 0 bridgehead atoms.